The molecular weight excluding hydrogens is 498 g/mol. The topological polar surface area (TPSA) is 126 Å². The number of carboxylic acids is 1. The molecule has 0 aliphatic rings. The molecule has 0 aliphatic carbocycles. The van der Waals surface area contributed by atoms with Gasteiger partial charge in [0.1, 0.15) is 5.75 Å². The van der Waals surface area contributed by atoms with E-state index in [1.807, 2.05) is 30.3 Å². The minimum Gasteiger partial charge on any atom is -0.493 e. The Labute approximate surface area is 218 Å². The number of hydrogen-bond acceptors (Lipinski definition) is 6. The van der Waals surface area contributed by atoms with Crippen LogP contribution in [0.25, 0.3) is 28.2 Å². The summed E-state index contributed by atoms with van der Waals surface area (Å²) in [5.74, 6) is -0.243. The zero-order valence-electron chi connectivity index (χ0n) is 20.1. The van der Waals surface area contributed by atoms with Crippen LogP contribution in [0.2, 0.25) is 5.02 Å². The van der Waals surface area contributed by atoms with E-state index in [4.69, 9.17) is 36.6 Å². The number of methoxy groups -OCH3 is 2. The Balaban J connectivity index is 1.95. The maximum Gasteiger partial charge on any atom is 0.307 e. The van der Waals surface area contributed by atoms with Crippen molar-refractivity contribution in [1.82, 2.24) is 9.78 Å². The van der Waals surface area contributed by atoms with Gasteiger partial charge in [0.05, 0.1) is 37.7 Å². The number of nitrogens with two attached hydrogens (primary N) is 1. The van der Waals surface area contributed by atoms with Crippen molar-refractivity contribution in [3.8, 4) is 45.5 Å². The molecule has 3 aromatic carbocycles. The van der Waals surface area contributed by atoms with E-state index in [1.165, 1.54) is 0 Å². The maximum atomic E-state index is 11.4. The molecule has 1 heterocycles. The molecular formula is C27H24ClN3O6. The average Bonchev–Trinajstić information content (AvgIpc) is 3.32. The van der Waals surface area contributed by atoms with Crippen LogP contribution in [-0.4, -0.2) is 47.6 Å². The third-order valence-electron chi connectivity index (χ3n) is 5.50. The molecule has 9 nitrogen and oxygen atoms in total. The number of aromatic nitrogens is 2. The van der Waals surface area contributed by atoms with Gasteiger partial charge in [-0.3, -0.25) is 9.59 Å². The highest BCUT2D eigenvalue weighted by atomic mass is 35.5. The monoisotopic (exact) mass is 521 g/mol. The van der Waals surface area contributed by atoms with Crippen molar-refractivity contribution < 1.29 is 28.9 Å². The van der Waals surface area contributed by atoms with Crippen LogP contribution in [-0.2, 0) is 16.0 Å². The third kappa shape index (κ3) is 5.68. The van der Waals surface area contributed by atoms with E-state index in [9.17, 15) is 14.7 Å². The molecule has 190 valence electrons. The van der Waals surface area contributed by atoms with Gasteiger partial charge in [-0.25, -0.2) is 4.68 Å². The van der Waals surface area contributed by atoms with E-state index < -0.39 is 11.9 Å². The number of para-hydroxylation sites is 1. The molecule has 0 spiro atoms. The van der Waals surface area contributed by atoms with E-state index in [1.54, 1.807) is 55.3 Å². The lowest BCUT2D eigenvalue weighted by Crippen LogP contribution is -2.20. The highest BCUT2D eigenvalue weighted by molar-refractivity contribution is 6.30. The predicted molar refractivity (Wildman–Crippen MR) is 139 cm³/mol. The van der Waals surface area contributed by atoms with Gasteiger partial charge in [0.2, 0.25) is 0 Å². The number of carbonyl (C=O) groups is 2. The zero-order valence-corrected chi connectivity index (χ0v) is 20.9. The van der Waals surface area contributed by atoms with Crippen LogP contribution in [0.1, 0.15) is 5.56 Å². The normalized spacial score (nSPS) is 10.7. The first kappa shape index (κ1) is 25.6. The van der Waals surface area contributed by atoms with Gasteiger partial charge >= 0.3 is 5.97 Å². The molecule has 37 heavy (non-hydrogen) atoms. The number of carboxylic acid groups (broad SMARTS) is 1. The summed E-state index contributed by atoms with van der Waals surface area (Å²) in [6, 6.07) is 19.4. The fraction of sp³-hybridized carbons (Fsp3) is 0.148. The van der Waals surface area contributed by atoms with Gasteiger partial charge in [0, 0.05) is 16.1 Å². The number of hydrogen-bond donors (Lipinski definition) is 2. The molecule has 0 radical (unpaired) electrons. The molecule has 1 aromatic heterocycles. The Hall–Kier alpha value is -4.50. The van der Waals surface area contributed by atoms with Gasteiger partial charge in [-0.2, -0.15) is 5.10 Å². The van der Waals surface area contributed by atoms with E-state index in [0.29, 0.717) is 50.3 Å². The largest absolute Gasteiger partial charge is 0.493 e. The van der Waals surface area contributed by atoms with Gasteiger partial charge in [0.15, 0.2) is 18.1 Å². The molecule has 0 unspecified atom stereocenters. The fourth-order valence-corrected chi connectivity index (χ4v) is 4.04. The molecule has 0 saturated heterocycles. The minimum atomic E-state index is -0.981. The highest BCUT2D eigenvalue weighted by Gasteiger charge is 2.21. The Morgan fingerprint density at radius 1 is 0.973 bits per heavy atom. The predicted octanol–water partition coefficient (Wildman–Crippen LogP) is 4.37. The number of ether oxygens (including phenoxy) is 3. The number of carbonyl (C=O) groups excluding carboxylic acids is 1. The standard InChI is InChI=1S/C27H24ClN3O6/c1-35-24-5-3-4-19(27(24)36-2)22-14-21(30-31(22)18-9-7-17(28)8-10-18)20-12-16(13-26(33)34)6-11-23(20)37-15-25(29)32/h3-12,14H,13,15H2,1-2H3,(H2,29,32)(H,33,34). The van der Waals surface area contributed by atoms with Crippen LogP contribution in [0.3, 0.4) is 0 Å². The summed E-state index contributed by atoms with van der Waals surface area (Å²) in [5.41, 5.74) is 8.87. The second-order valence-corrected chi connectivity index (χ2v) is 8.44. The lowest BCUT2D eigenvalue weighted by atomic mass is 10.0. The average molecular weight is 522 g/mol. The Morgan fingerprint density at radius 3 is 2.38 bits per heavy atom. The number of primary amides is 1. The van der Waals surface area contributed by atoms with Crippen LogP contribution in [0.4, 0.5) is 0 Å². The molecule has 0 bridgehead atoms. The highest BCUT2D eigenvalue weighted by Crippen LogP contribution is 2.41. The number of aliphatic carboxylic acids is 1. The van der Waals surface area contributed by atoms with Crippen LogP contribution in [0.15, 0.2) is 66.7 Å². The Bertz CT molecular complexity index is 1450. The first-order valence-electron chi connectivity index (χ1n) is 11.1. The summed E-state index contributed by atoms with van der Waals surface area (Å²) in [6.07, 6.45) is -0.197. The fourth-order valence-electron chi connectivity index (χ4n) is 3.91. The summed E-state index contributed by atoms with van der Waals surface area (Å²) < 4.78 is 18.5. The van der Waals surface area contributed by atoms with Crippen molar-refractivity contribution in [2.45, 2.75) is 6.42 Å². The Kier molecular flexibility index (Phi) is 7.64. The first-order chi connectivity index (χ1) is 17.8. The quantitative estimate of drug-likeness (QED) is 0.317. The van der Waals surface area contributed by atoms with Gasteiger partial charge in [-0.05, 0) is 60.2 Å². The smallest absolute Gasteiger partial charge is 0.307 e. The zero-order chi connectivity index (χ0) is 26.5. The van der Waals surface area contributed by atoms with Crippen LogP contribution >= 0.6 is 11.6 Å². The summed E-state index contributed by atoms with van der Waals surface area (Å²) in [5, 5.41) is 14.7. The van der Waals surface area contributed by atoms with Crippen LogP contribution < -0.4 is 19.9 Å². The number of nitrogens with zero attached hydrogens (tertiary/aromatic N) is 2. The van der Waals surface area contributed by atoms with Gasteiger partial charge in [-0.1, -0.05) is 23.7 Å². The van der Waals surface area contributed by atoms with Crippen molar-refractivity contribution in [3.05, 3.63) is 77.3 Å². The van der Waals surface area contributed by atoms with Crippen LogP contribution in [0.5, 0.6) is 17.2 Å². The molecule has 3 N–H and O–H groups in total. The molecule has 0 fully saturated rings. The SMILES string of the molecule is COc1cccc(-c2cc(-c3cc(CC(=O)O)ccc3OCC(N)=O)nn2-c2ccc(Cl)cc2)c1OC. The van der Waals surface area contributed by atoms with Crippen molar-refractivity contribution in [2.75, 3.05) is 20.8 Å². The molecule has 4 rings (SSSR count). The second-order valence-electron chi connectivity index (χ2n) is 8.00. The van der Waals surface area contributed by atoms with Crippen molar-refractivity contribution in [1.29, 1.82) is 0 Å². The summed E-state index contributed by atoms with van der Waals surface area (Å²) >= 11 is 6.12. The Morgan fingerprint density at radius 2 is 1.73 bits per heavy atom. The number of rotatable bonds is 10. The second kappa shape index (κ2) is 11.0. The number of amides is 1. The lowest BCUT2D eigenvalue weighted by molar-refractivity contribution is -0.136. The van der Waals surface area contributed by atoms with Gasteiger partial charge in [0.25, 0.3) is 5.91 Å². The van der Waals surface area contributed by atoms with E-state index >= 15 is 0 Å². The van der Waals surface area contributed by atoms with Crippen molar-refractivity contribution in [3.63, 3.8) is 0 Å². The van der Waals surface area contributed by atoms with Crippen molar-refractivity contribution >= 4 is 23.5 Å². The third-order valence-corrected chi connectivity index (χ3v) is 5.76. The van der Waals surface area contributed by atoms with Crippen molar-refractivity contribution in [2.24, 2.45) is 5.73 Å². The van der Waals surface area contributed by atoms with E-state index in [0.717, 1.165) is 5.69 Å². The maximum absolute atomic E-state index is 11.4. The first-order valence-corrected chi connectivity index (χ1v) is 11.5. The molecule has 1 amide bonds. The summed E-state index contributed by atoms with van der Waals surface area (Å²) in [7, 11) is 3.11. The molecule has 4 aromatic rings. The van der Waals surface area contributed by atoms with Gasteiger partial charge < -0.3 is 25.1 Å². The number of benzene rings is 3. The van der Waals surface area contributed by atoms with Crippen LogP contribution in [0, 0.1) is 0 Å². The van der Waals surface area contributed by atoms with Gasteiger partial charge in [-0.15, -0.1) is 0 Å². The molecule has 10 heteroatoms. The molecule has 0 atom stereocenters. The lowest BCUT2D eigenvalue weighted by Gasteiger charge is -2.14. The molecule has 0 aliphatic heterocycles. The van der Waals surface area contributed by atoms with E-state index in [2.05, 4.69) is 0 Å². The van der Waals surface area contributed by atoms with E-state index in [-0.39, 0.29) is 13.0 Å². The minimum absolute atomic E-state index is 0.197. The molecule has 0 saturated carbocycles. The summed E-state index contributed by atoms with van der Waals surface area (Å²) in [6.45, 7) is -0.347. The number of halogens is 1. The summed E-state index contributed by atoms with van der Waals surface area (Å²) in [4.78, 5) is 22.7.